The molecule has 5 rings (SSSR count). The molecule has 2 fully saturated rings. The van der Waals surface area contributed by atoms with Gasteiger partial charge in [0.2, 0.25) is 0 Å². The van der Waals surface area contributed by atoms with Gasteiger partial charge in [-0.25, -0.2) is 0 Å². The zero-order valence-electron chi connectivity index (χ0n) is 16.5. The van der Waals surface area contributed by atoms with E-state index >= 15 is 0 Å². The van der Waals surface area contributed by atoms with Crippen LogP contribution in [0, 0.1) is 5.92 Å². The highest BCUT2D eigenvalue weighted by atomic mass is 16.5. The quantitative estimate of drug-likeness (QED) is 0.615. The lowest BCUT2D eigenvalue weighted by Crippen LogP contribution is -2.17. The lowest BCUT2D eigenvalue weighted by Gasteiger charge is -2.13. The Balaban J connectivity index is 1.22. The first-order valence-corrected chi connectivity index (χ1v) is 10.0. The van der Waals surface area contributed by atoms with Crippen molar-refractivity contribution in [2.24, 2.45) is 5.92 Å². The van der Waals surface area contributed by atoms with Gasteiger partial charge in [0.1, 0.15) is 23.8 Å². The van der Waals surface area contributed by atoms with Gasteiger partial charge in [0.25, 0.3) is 0 Å². The summed E-state index contributed by atoms with van der Waals surface area (Å²) in [5.41, 5.74) is 4.44. The first kappa shape index (κ1) is 18.0. The molecule has 1 aromatic heterocycles. The summed E-state index contributed by atoms with van der Waals surface area (Å²) in [6.07, 6.45) is 3.44. The molecule has 5 heteroatoms. The molecule has 2 atom stereocenters. The van der Waals surface area contributed by atoms with Gasteiger partial charge in [0.05, 0.1) is 7.11 Å². The standard InChI is InChI=1S/C24H24N2O3/c1-27-21-6-2-17(3-7-21)16-28-22-8-4-18(5-9-22)24-13-23(29-25-24)12-20-15-26-11-10-19(20)14-26/h2-9,12-13,19H,10-11,14-16H2,1H3/b20-12+. The second-order valence-electron chi connectivity index (χ2n) is 7.72. The Morgan fingerprint density at radius 1 is 1.10 bits per heavy atom. The molecule has 3 aromatic rings. The molecule has 29 heavy (non-hydrogen) atoms. The molecule has 2 aliphatic heterocycles. The van der Waals surface area contributed by atoms with Crippen LogP contribution in [0.4, 0.5) is 0 Å². The fourth-order valence-electron chi connectivity index (χ4n) is 4.12. The molecular formula is C24H24N2O3. The van der Waals surface area contributed by atoms with Crippen LogP contribution in [-0.2, 0) is 6.61 Å². The van der Waals surface area contributed by atoms with Crippen LogP contribution in [0.1, 0.15) is 17.7 Å². The number of nitrogens with zero attached hydrogens (tertiary/aromatic N) is 2. The smallest absolute Gasteiger partial charge is 0.160 e. The minimum absolute atomic E-state index is 0.517. The van der Waals surface area contributed by atoms with E-state index in [2.05, 4.69) is 16.1 Å². The molecule has 2 aliphatic rings. The normalized spacial score (nSPS) is 21.6. The van der Waals surface area contributed by atoms with Crippen LogP contribution in [0.25, 0.3) is 17.3 Å². The summed E-state index contributed by atoms with van der Waals surface area (Å²) in [4.78, 5) is 2.50. The van der Waals surface area contributed by atoms with Crippen LogP contribution in [0.3, 0.4) is 0 Å². The fraction of sp³-hybridized carbons (Fsp3) is 0.292. The zero-order chi connectivity index (χ0) is 19.6. The van der Waals surface area contributed by atoms with Crippen molar-refractivity contribution in [3.05, 3.63) is 71.5 Å². The van der Waals surface area contributed by atoms with Gasteiger partial charge in [-0.1, -0.05) is 17.3 Å². The maximum absolute atomic E-state index is 5.88. The van der Waals surface area contributed by atoms with E-state index in [-0.39, 0.29) is 0 Å². The fourth-order valence-corrected chi connectivity index (χ4v) is 4.12. The predicted molar refractivity (Wildman–Crippen MR) is 112 cm³/mol. The van der Waals surface area contributed by atoms with Gasteiger partial charge in [-0.15, -0.1) is 0 Å². The van der Waals surface area contributed by atoms with Gasteiger partial charge in [0, 0.05) is 24.7 Å². The highest BCUT2D eigenvalue weighted by Gasteiger charge is 2.33. The summed E-state index contributed by atoms with van der Waals surface area (Å²) in [6.45, 7) is 4.02. The molecule has 2 aromatic carbocycles. The molecule has 0 spiro atoms. The Morgan fingerprint density at radius 2 is 1.90 bits per heavy atom. The molecular weight excluding hydrogens is 364 g/mol. The van der Waals surface area contributed by atoms with E-state index in [9.17, 15) is 0 Å². The largest absolute Gasteiger partial charge is 0.497 e. The maximum atomic E-state index is 5.88. The van der Waals surface area contributed by atoms with Crippen molar-refractivity contribution < 1.29 is 14.0 Å². The predicted octanol–water partition coefficient (Wildman–Crippen LogP) is 4.65. The Labute approximate surface area is 170 Å². The SMILES string of the molecule is COc1ccc(COc2ccc(-c3cc(/C=C4\CN5CCC4C5)on3)cc2)cc1. The molecule has 2 unspecified atom stereocenters. The number of ether oxygens (including phenoxy) is 2. The van der Waals surface area contributed by atoms with Gasteiger partial charge in [0.15, 0.2) is 5.76 Å². The van der Waals surface area contributed by atoms with E-state index in [1.807, 2.05) is 54.6 Å². The van der Waals surface area contributed by atoms with Gasteiger partial charge in [-0.3, -0.25) is 4.90 Å². The van der Waals surface area contributed by atoms with E-state index in [4.69, 9.17) is 14.0 Å². The third-order valence-electron chi connectivity index (χ3n) is 5.77. The highest BCUT2D eigenvalue weighted by Crippen LogP contribution is 2.34. The van der Waals surface area contributed by atoms with Crippen molar-refractivity contribution in [1.82, 2.24) is 10.1 Å². The molecule has 2 bridgehead atoms. The molecule has 0 radical (unpaired) electrons. The van der Waals surface area contributed by atoms with Crippen molar-refractivity contribution in [2.45, 2.75) is 13.0 Å². The summed E-state index contributed by atoms with van der Waals surface area (Å²) >= 11 is 0. The number of benzene rings is 2. The van der Waals surface area contributed by atoms with E-state index in [1.165, 1.54) is 25.1 Å². The molecule has 0 aliphatic carbocycles. The molecule has 0 N–H and O–H groups in total. The van der Waals surface area contributed by atoms with Crippen molar-refractivity contribution in [3.63, 3.8) is 0 Å². The van der Waals surface area contributed by atoms with E-state index < -0.39 is 0 Å². The van der Waals surface area contributed by atoms with Gasteiger partial charge in [-0.05, 0) is 72.5 Å². The minimum Gasteiger partial charge on any atom is -0.497 e. The third-order valence-corrected chi connectivity index (χ3v) is 5.77. The number of aromatic nitrogens is 1. The molecule has 148 valence electrons. The van der Waals surface area contributed by atoms with Crippen LogP contribution in [-0.4, -0.2) is 36.8 Å². The van der Waals surface area contributed by atoms with Crippen molar-refractivity contribution in [1.29, 1.82) is 0 Å². The highest BCUT2D eigenvalue weighted by molar-refractivity contribution is 5.63. The minimum atomic E-state index is 0.517. The van der Waals surface area contributed by atoms with Crippen LogP contribution >= 0.6 is 0 Å². The molecule has 5 nitrogen and oxygen atoms in total. The summed E-state index contributed by atoms with van der Waals surface area (Å²) < 4.78 is 16.6. The Hall–Kier alpha value is -3.05. The summed E-state index contributed by atoms with van der Waals surface area (Å²) in [5, 5.41) is 4.24. The number of hydrogen-bond donors (Lipinski definition) is 0. The first-order valence-electron chi connectivity index (χ1n) is 10.0. The average molecular weight is 388 g/mol. The monoisotopic (exact) mass is 388 g/mol. The first-order chi connectivity index (χ1) is 14.3. The van der Waals surface area contributed by atoms with E-state index in [0.717, 1.165) is 40.6 Å². The number of piperidine rings is 1. The van der Waals surface area contributed by atoms with Crippen molar-refractivity contribution in [3.8, 4) is 22.8 Å². The van der Waals surface area contributed by atoms with Crippen LogP contribution in [0.15, 0.2) is 64.7 Å². The molecule has 2 saturated heterocycles. The Bertz CT molecular complexity index is 1010. The Kier molecular flexibility index (Phi) is 4.82. The maximum Gasteiger partial charge on any atom is 0.160 e. The Morgan fingerprint density at radius 3 is 2.59 bits per heavy atom. The van der Waals surface area contributed by atoms with E-state index in [0.29, 0.717) is 12.5 Å². The molecule has 0 saturated carbocycles. The summed E-state index contributed by atoms with van der Waals surface area (Å²) in [5.74, 6) is 3.21. The third kappa shape index (κ3) is 3.91. The van der Waals surface area contributed by atoms with Crippen molar-refractivity contribution >= 4 is 6.08 Å². The van der Waals surface area contributed by atoms with Crippen molar-refractivity contribution in [2.75, 3.05) is 26.7 Å². The number of rotatable bonds is 6. The summed E-state index contributed by atoms with van der Waals surface area (Å²) in [7, 11) is 1.66. The number of methoxy groups -OCH3 is 1. The summed E-state index contributed by atoms with van der Waals surface area (Å²) in [6, 6.07) is 17.9. The van der Waals surface area contributed by atoms with Gasteiger partial charge in [-0.2, -0.15) is 0 Å². The number of fused-ring (bicyclic) bond motifs is 2. The van der Waals surface area contributed by atoms with Crippen LogP contribution in [0.5, 0.6) is 11.5 Å². The molecule has 3 heterocycles. The topological polar surface area (TPSA) is 47.7 Å². The van der Waals surface area contributed by atoms with Gasteiger partial charge < -0.3 is 14.0 Å². The van der Waals surface area contributed by atoms with Crippen LogP contribution < -0.4 is 9.47 Å². The van der Waals surface area contributed by atoms with Crippen LogP contribution in [0.2, 0.25) is 0 Å². The number of hydrogen-bond acceptors (Lipinski definition) is 5. The lowest BCUT2D eigenvalue weighted by molar-refractivity contribution is 0.306. The van der Waals surface area contributed by atoms with Gasteiger partial charge >= 0.3 is 0 Å². The lowest BCUT2D eigenvalue weighted by atomic mass is 9.98. The zero-order valence-corrected chi connectivity index (χ0v) is 16.5. The molecule has 0 amide bonds. The van der Waals surface area contributed by atoms with E-state index in [1.54, 1.807) is 7.11 Å². The second kappa shape index (κ2) is 7.76. The average Bonchev–Trinajstić information content (AvgIpc) is 3.51. The second-order valence-corrected chi connectivity index (χ2v) is 7.72.